The zero-order valence-corrected chi connectivity index (χ0v) is 11.4. The topological polar surface area (TPSA) is 85.8 Å². The molecule has 0 bridgehead atoms. The number of carbonyl (C=O) groups excluding carboxylic acids is 2. The second-order valence-corrected chi connectivity index (χ2v) is 4.60. The Bertz CT molecular complexity index is 520. The van der Waals surface area contributed by atoms with Crippen molar-refractivity contribution in [2.75, 3.05) is 31.6 Å². The Morgan fingerprint density at radius 3 is 2.80 bits per heavy atom. The van der Waals surface area contributed by atoms with Gasteiger partial charge in [0, 0.05) is 37.2 Å². The van der Waals surface area contributed by atoms with E-state index in [9.17, 15) is 14.7 Å². The average Bonchev–Trinajstić information content (AvgIpc) is 2.45. The molecule has 1 unspecified atom stereocenters. The molecule has 1 amide bonds. The third-order valence-electron chi connectivity index (χ3n) is 3.31. The highest BCUT2D eigenvalue weighted by atomic mass is 16.5. The molecule has 1 fully saturated rings. The molecule has 1 aromatic rings. The van der Waals surface area contributed by atoms with Gasteiger partial charge in [0.2, 0.25) is 0 Å². The minimum absolute atomic E-state index is 0.168. The number of ether oxygens (including phenoxy) is 1. The fraction of sp³-hybridized carbons (Fsp3) is 0.462. The van der Waals surface area contributed by atoms with Crippen molar-refractivity contribution in [3.63, 3.8) is 0 Å². The number of aromatic nitrogens is 1. The van der Waals surface area contributed by atoms with Gasteiger partial charge in [-0.1, -0.05) is 0 Å². The zero-order valence-electron chi connectivity index (χ0n) is 11.4. The number of aliphatic carboxylic acids is 1. The van der Waals surface area contributed by atoms with Crippen molar-refractivity contribution in [3.8, 4) is 0 Å². The van der Waals surface area contributed by atoms with E-state index in [1.807, 2.05) is 24.0 Å². The Morgan fingerprint density at radius 1 is 1.45 bits per heavy atom. The molecule has 0 N–H and O–H groups in total. The molecule has 7 heteroatoms. The van der Waals surface area contributed by atoms with Gasteiger partial charge in [-0.15, -0.1) is 0 Å². The molecule has 1 saturated heterocycles. The van der Waals surface area contributed by atoms with Crippen molar-refractivity contribution in [2.45, 2.75) is 13.0 Å². The van der Waals surface area contributed by atoms with Crippen molar-refractivity contribution >= 4 is 17.7 Å². The summed E-state index contributed by atoms with van der Waals surface area (Å²) in [7, 11) is 1.23. The van der Waals surface area contributed by atoms with Crippen molar-refractivity contribution in [3.05, 3.63) is 24.0 Å². The minimum Gasteiger partial charge on any atom is -0.548 e. The van der Waals surface area contributed by atoms with Crippen LogP contribution in [0.25, 0.3) is 0 Å². The van der Waals surface area contributed by atoms with Gasteiger partial charge in [-0.3, -0.25) is 9.88 Å². The molecule has 2 rings (SSSR count). The van der Waals surface area contributed by atoms with E-state index in [2.05, 4.69) is 9.72 Å². The molecular weight excluding hydrogens is 262 g/mol. The number of anilines is 1. The van der Waals surface area contributed by atoms with Crippen molar-refractivity contribution in [1.29, 1.82) is 0 Å². The zero-order chi connectivity index (χ0) is 14.7. The lowest BCUT2D eigenvalue weighted by molar-refractivity contribution is -0.311. The van der Waals surface area contributed by atoms with Crippen LogP contribution in [-0.4, -0.2) is 54.7 Å². The highest BCUT2D eigenvalue weighted by Crippen LogP contribution is 2.19. The molecule has 20 heavy (non-hydrogen) atoms. The Morgan fingerprint density at radius 2 is 2.20 bits per heavy atom. The monoisotopic (exact) mass is 278 g/mol. The summed E-state index contributed by atoms with van der Waals surface area (Å²) in [5, 5.41) is 11.2. The standard InChI is InChI=1S/C13H17N3O4/c1-9-7-10(3-4-14-9)15-5-6-16(13(19)20-2)11(8-15)12(17)18/h3-4,7,11H,5-6,8H2,1-2H3,(H,17,18)/p-1. The van der Waals surface area contributed by atoms with Gasteiger partial charge in [0.1, 0.15) is 0 Å². The normalized spacial score (nSPS) is 18.8. The van der Waals surface area contributed by atoms with Gasteiger partial charge in [-0.25, -0.2) is 4.79 Å². The predicted molar refractivity (Wildman–Crippen MR) is 69.1 cm³/mol. The second-order valence-electron chi connectivity index (χ2n) is 4.60. The van der Waals surface area contributed by atoms with E-state index in [0.717, 1.165) is 11.4 Å². The molecule has 108 valence electrons. The molecule has 0 saturated carbocycles. The first kappa shape index (κ1) is 14.1. The summed E-state index contributed by atoms with van der Waals surface area (Å²) in [6.07, 6.45) is 1.02. The van der Waals surface area contributed by atoms with E-state index in [1.165, 1.54) is 12.0 Å². The van der Waals surface area contributed by atoms with Crippen LogP contribution in [0.1, 0.15) is 5.69 Å². The SMILES string of the molecule is COC(=O)N1CCN(c2ccnc(C)c2)CC1C(=O)[O-]. The van der Waals surface area contributed by atoms with Crippen LogP contribution < -0.4 is 10.0 Å². The van der Waals surface area contributed by atoms with Crippen LogP contribution in [0.4, 0.5) is 10.5 Å². The number of aryl methyl sites for hydroxylation is 1. The summed E-state index contributed by atoms with van der Waals surface area (Å²) in [5.41, 5.74) is 1.73. The Balaban J connectivity index is 2.18. The first-order valence-electron chi connectivity index (χ1n) is 6.26. The van der Waals surface area contributed by atoms with E-state index >= 15 is 0 Å². The van der Waals surface area contributed by atoms with Gasteiger partial charge in [-0.05, 0) is 19.1 Å². The minimum atomic E-state index is -1.29. The van der Waals surface area contributed by atoms with E-state index < -0.39 is 18.1 Å². The lowest BCUT2D eigenvalue weighted by Gasteiger charge is -2.41. The molecule has 0 spiro atoms. The number of rotatable bonds is 2. The molecule has 2 heterocycles. The molecule has 1 aromatic heterocycles. The highest BCUT2D eigenvalue weighted by Gasteiger charge is 2.32. The lowest BCUT2D eigenvalue weighted by atomic mass is 10.1. The van der Waals surface area contributed by atoms with Crippen molar-refractivity contribution in [2.24, 2.45) is 0 Å². The van der Waals surface area contributed by atoms with E-state index in [1.54, 1.807) is 6.20 Å². The van der Waals surface area contributed by atoms with Gasteiger partial charge in [0.15, 0.2) is 0 Å². The summed E-state index contributed by atoms with van der Waals surface area (Å²) >= 11 is 0. The van der Waals surface area contributed by atoms with Crippen molar-refractivity contribution < 1.29 is 19.4 Å². The summed E-state index contributed by atoms with van der Waals surface area (Å²) < 4.78 is 4.60. The lowest BCUT2D eigenvalue weighted by Crippen LogP contribution is -2.61. The number of methoxy groups -OCH3 is 1. The predicted octanol–water partition coefficient (Wildman–Crippen LogP) is -0.603. The number of amides is 1. The Kier molecular flexibility index (Phi) is 4.07. The summed E-state index contributed by atoms with van der Waals surface area (Å²) in [6.45, 7) is 2.83. The largest absolute Gasteiger partial charge is 0.548 e. The third kappa shape index (κ3) is 2.81. The number of nitrogens with zero attached hydrogens (tertiary/aromatic N) is 3. The van der Waals surface area contributed by atoms with Crippen LogP contribution in [0.15, 0.2) is 18.3 Å². The first-order chi connectivity index (χ1) is 9.52. The molecule has 0 aliphatic carbocycles. The molecule has 7 nitrogen and oxygen atoms in total. The molecular formula is C13H16N3O4-. The Labute approximate surface area is 116 Å². The molecule has 0 radical (unpaired) electrons. The van der Waals surface area contributed by atoms with Gasteiger partial charge in [0.05, 0.1) is 19.1 Å². The van der Waals surface area contributed by atoms with Gasteiger partial charge >= 0.3 is 6.09 Å². The highest BCUT2D eigenvalue weighted by molar-refractivity contribution is 5.80. The number of pyridine rings is 1. The van der Waals surface area contributed by atoms with E-state index in [-0.39, 0.29) is 13.1 Å². The maximum absolute atomic E-state index is 11.6. The van der Waals surface area contributed by atoms with Crippen LogP contribution in [0, 0.1) is 6.92 Å². The van der Waals surface area contributed by atoms with Crippen molar-refractivity contribution in [1.82, 2.24) is 9.88 Å². The first-order valence-corrected chi connectivity index (χ1v) is 6.26. The Hall–Kier alpha value is -2.31. The third-order valence-corrected chi connectivity index (χ3v) is 3.31. The summed E-state index contributed by atoms with van der Waals surface area (Å²) in [5.74, 6) is -1.29. The van der Waals surface area contributed by atoms with Gasteiger partial charge in [0.25, 0.3) is 0 Å². The van der Waals surface area contributed by atoms with Crippen LogP contribution in [0.3, 0.4) is 0 Å². The quantitative estimate of drug-likeness (QED) is 0.718. The number of hydrogen-bond acceptors (Lipinski definition) is 6. The molecule has 0 aromatic carbocycles. The average molecular weight is 278 g/mol. The summed E-state index contributed by atoms with van der Waals surface area (Å²) in [6, 6.07) is 2.66. The number of carbonyl (C=O) groups is 2. The smallest absolute Gasteiger partial charge is 0.410 e. The summed E-state index contributed by atoms with van der Waals surface area (Å²) in [4.78, 5) is 30.0. The van der Waals surface area contributed by atoms with E-state index in [4.69, 9.17) is 0 Å². The maximum atomic E-state index is 11.6. The maximum Gasteiger partial charge on any atom is 0.410 e. The number of piperazine rings is 1. The van der Waals surface area contributed by atoms with Crippen LogP contribution in [0.2, 0.25) is 0 Å². The fourth-order valence-corrected chi connectivity index (χ4v) is 2.28. The number of carboxylic acids is 1. The fourth-order valence-electron chi connectivity index (χ4n) is 2.28. The second kappa shape index (κ2) is 5.77. The van der Waals surface area contributed by atoms with Gasteiger partial charge < -0.3 is 19.5 Å². The van der Waals surface area contributed by atoms with Crippen LogP contribution in [-0.2, 0) is 9.53 Å². The van der Waals surface area contributed by atoms with E-state index in [0.29, 0.717) is 6.54 Å². The van der Waals surface area contributed by atoms with Gasteiger partial charge in [-0.2, -0.15) is 0 Å². The molecule has 1 aliphatic rings. The van der Waals surface area contributed by atoms with Crippen LogP contribution in [0.5, 0.6) is 0 Å². The molecule has 1 atom stereocenters. The van der Waals surface area contributed by atoms with Crippen LogP contribution >= 0.6 is 0 Å². The number of hydrogen-bond donors (Lipinski definition) is 0. The molecule has 1 aliphatic heterocycles. The number of carboxylic acid groups (broad SMARTS) is 1.